The first-order valence-corrected chi connectivity index (χ1v) is 12.6. The maximum absolute atomic E-state index is 13.5. The van der Waals surface area contributed by atoms with Crippen LogP contribution >= 0.6 is 11.6 Å². The van der Waals surface area contributed by atoms with E-state index in [1.165, 1.54) is 6.07 Å². The van der Waals surface area contributed by atoms with Gasteiger partial charge in [0, 0.05) is 41.5 Å². The lowest BCUT2D eigenvalue weighted by atomic mass is 9.95. The molecule has 0 saturated carbocycles. The van der Waals surface area contributed by atoms with E-state index in [0.29, 0.717) is 24.7 Å². The number of hydrogen-bond acceptors (Lipinski definition) is 5. The second kappa shape index (κ2) is 13.0. The molecule has 3 rings (SSSR count). The summed E-state index contributed by atoms with van der Waals surface area (Å²) in [5, 5.41) is 10.7. The lowest BCUT2D eigenvalue weighted by molar-refractivity contribution is -0.192. The van der Waals surface area contributed by atoms with Gasteiger partial charge in [0.15, 0.2) is 0 Å². The highest BCUT2D eigenvalue weighted by atomic mass is 35.5. The van der Waals surface area contributed by atoms with Crippen molar-refractivity contribution in [3.05, 3.63) is 64.7 Å². The second-order valence-electron chi connectivity index (χ2n) is 10.1. The molecule has 40 heavy (non-hydrogen) atoms. The Morgan fingerprint density at radius 1 is 1.02 bits per heavy atom. The first-order chi connectivity index (χ1) is 18.4. The molecule has 0 spiro atoms. The third-order valence-corrected chi connectivity index (χ3v) is 6.48. The van der Waals surface area contributed by atoms with Crippen LogP contribution in [0, 0.1) is 5.92 Å². The van der Waals surface area contributed by atoms with E-state index in [-0.39, 0.29) is 28.5 Å². The fourth-order valence-corrected chi connectivity index (χ4v) is 4.32. The van der Waals surface area contributed by atoms with Gasteiger partial charge >= 0.3 is 12.1 Å². The number of nitrogens with two attached hydrogens (primary N) is 1. The van der Waals surface area contributed by atoms with E-state index in [2.05, 4.69) is 24.1 Å². The van der Waals surface area contributed by atoms with Crippen LogP contribution in [-0.4, -0.2) is 71.1 Å². The Morgan fingerprint density at radius 3 is 2.05 bits per heavy atom. The van der Waals surface area contributed by atoms with Crippen molar-refractivity contribution in [2.75, 3.05) is 24.5 Å². The maximum atomic E-state index is 13.5. The van der Waals surface area contributed by atoms with Crippen molar-refractivity contribution in [1.29, 1.82) is 0 Å². The van der Waals surface area contributed by atoms with Gasteiger partial charge in [0.1, 0.15) is 6.04 Å². The van der Waals surface area contributed by atoms with Gasteiger partial charge in [0.2, 0.25) is 11.8 Å². The molecular formula is C27H32ClF3N4O5. The molecule has 1 heterocycles. The number of piperazine rings is 1. The standard InChI is InChI=1S/C25H31ClN4O3.C2HF3O2/c1-16(2)21(28-23(32)18-7-5-6-17(14-18)22(27)31)24(33)29-12-13-30(25(3,4)15-29)20-10-8-19(26)9-11-20;3-2(4,5)1(6)7/h5-11,14,16,21H,12-13,15H2,1-4H3,(H2,27,31)(H,28,32);(H,6,7)/t21-;/m1./s1. The summed E-state index contributed by atoms with van der Waals surface area (Å²) < 4.78 is 31.7. The quantitative estimate of drug-likeness (QED) is 0.471. The molecule has 1 atom stereocenters. The molecule has 13 heteroatoms. The predicted molar refractivity (Wildman–Crippen MR) is 144 cm³/mol. The van der Waals surface area contributed by atoms with Crippen molar-refractivity contribution < 1.29 is 37.5 Å². The third kappa shape index (κ3) is 8.60. The van der Waals surface area contributed by atoms with Crippen LogP contribution in [0.4, 0.5) is 18.9 Å². The van der Waals surface area contributed by atoms with E-state index < -0.39 is 30.0 Å². The van der Waals surface area contributed by atoms with Crippen molar-refractivity contribution in [2.24, 2.45) is 11.7 Å². The Labute approximate surface area is 235 Å². The highest BCUT2D eigenvalue weighted by Gasteiger charge is 2.39. The molecule has 1 aliphatic rings. The van der Waals surface area contributed by atoms with Crippen LogP contribution in [0.2, 0.25) is 5.02 Å². The number of alkyl halides is 3. The van der Waals surface area contributed by atoms with Gasteiger partial charge in [-0.1, -0.05) is 31.5 Å². The number of nitrogens with zero attached hydrogens (tertiary/aromatic N) is 2. The molecule has 0 aromatic heterocycles. The molecule has 0 bridgehead atoms. The van der Waals surface area contributed by atoms with Gasteiger partial charge in [-0.3, -0.25) is 14.4 Å². The van der Waals surface area contributed by atoms with Crippen molar-refractivity contribution in [3.8, 4) is 0 Å². The summed E-state index contributed by atoms with van der Waals surface area (Å²) in [6.07, 6.45) is -5.08. The molecule has 0 aliphatic carbocycles. The Hall–Kier alpha value is -3.80. The lowest BCUT2D eigenvalue weighted by Gasteiger charge is -2.49. The number of amides is 3. The third-order valence-electron chi connectivity index (χ3n) is 6.22. The first kappa shape index (κ1) is 32.4. The van der Waals surface area contributed by atoms with E-state index in [9.17, 15) is 27.6 Å². The highest BCUT2D eigenvalue weighted by Crippen LogP contribution is 2.29. The summed E-state index contributed by atoms with van der Waals surface area (Å²) in [6.45, 7) is 9.72. The summed E-state index contributed by atoms with van der Waals surface area (Å²) in [5.41, 5.74) is 6.61. The number of carbonyl (C=O) groups is 4. The fourth-order valence-electron chi connectivity index (χ4n) is 4.19. The SMILES string of the molecule is CC(C)[C@@H](NC(=O)c1cccc(C(N)=O)c1)C(=O)N1CCN(c2ccc(Cl)cc2)C(C)(C)C1.O=C(O)C(F)(F)F. The number of benzene rings is 2. The number of hydrogen-bond donors (Lipinski definition) is 3. The van der Waals surface area contributed by atoms with Crippen molar-refractivity contribution in [1.82, 2.24) is 10.2 Å². The molecule has 0 radical (unpaired) electrons. The number of primary amides is 1. The van der Waals surface area contributed by atoms with Crippen molar-refractivity contribution >= 4 is 41.0 Å². The van der Waals surface area contributed by atoms with Gasteiger partial charge < -0.3 is 26.0 Å². The number of carboxylic acids is 1. The van der Waals surface area contributed by atoms with Crippen molar-refractivity contribution in [2.45, 2.75) is 45.5 Å². The molecule has 1 fully saturated rings. The molecule has 2 aromatic rings. The average Bonchev–Trinajstić information content (AvgIpc) is 2.86. The molecule has 9 nitrogen and oxygen atoms in total. The van der Waals surface area contributed by atoms with Crippen LogP contribution < -0.4 is 16.0 Å². The molecule has 2 aromatic carbocycles. The first-order valence-electron chi connectivity index (χ1n) is 12.3. The van der Waals surface area contributed by atoms with Gasteiger partial charge in [0.05, 0.1) is 5.54 Å². The van der Waals surface area contributed by atoms with Crippen LogP contribution in [0.15, 0.2) is 48.5 Å². The minimum Gasteiger partial charge on any atom is -0.475 e. The normalized spacial score (nSPS) is 15.5. The Balaban J connectivity index is 0.000000708. The van der Waals surface area contributed by atoms with Crippen LogP contribution in [0.25, 0.3) is 0 Å². The molecule has 3 amide bonds. The molecular weight excluding hydrogens is 553 g/mol. The number of aliphatic carboxylic acids is 1. The smallest absolute Gasteiger partial charge is 0.475 e. The summed E-state index contributed by atoms with van der Waals surface area (Å²) in [7, 11) is 0. The van der Waals surface area contributed by atoms with Gasteiger partial charge in [-0.15, -0.1) is 0 Å². The number of nitrogens with one attached hydrogen (secondary N) is 1. The van der Waals surface area contributed by atoms with Crippen LogP contribution in [-0.2, 0) is 9.59 Å². The monoisotopic (exact) mass is 584 g/mol. The van der Waals surface area contributed by atoms with Gasteiger partial charge in [-0.2, -0.15) is 13.2 Å². The number of carboxylic acid groups (broad SMARTS) is 1. The van der Waals surface area contributed by atoms with E-state index in [1.807, 2.05) is 43.0 Å². The van der Waals surface area contributed by atoms with Gasteiger partial charge in [0.25, 0.3) is 5.91 Å². The zero-order valence-electron chi connectivity index (χ0n) is 22.5. The van der Waals surface area contributed by atoms with E-state index in [0.717, 1.165) is 5.69 Å². The second-order valence-corrected chi connectivity index (χ2v) is 10.6. The summed E-state index contributed by atoms with van der Waals surface area (Å²) >= 11 is 6.03. The lowest BCUT2D eigenvalue weighted by Crippen LogP contribution is -2.63. The number of rotatable bonds is 6. The molecule has 4 N–H and O–H groups in total. The highest BCUT2D eigenvalue weighted by molar-refractivity contribution is 6.30. The van der Waals surface area contributed by atoms with Crippen molar-refractivity contribution in [3.63, 3.8) is 0 Å². The Bertz CT molecular complexity index is 1240. The zero-order valence-corrected chi connectivity index (χ0v) is 23.2. The van der Waals surface area contributed by atoms with E-state index in [4.69, 9.17) is 27.2 Å². The maximum Gasteiger partial charge on any atom is 0.490 e. The minimum atomic E-state index is -5.08. The molecule has 0 unspecified atom stereocenters. The fraction of sp³-hybridized carbons (Fsp3) is 0.407. The Morgan fingerprint density at radius 2 is 1.57 bits per heavy atom. The number of carbonyl (C=O) groups excluding carboxylic acids is 3. The topological polar surface area (TPSA) is 133 Å². The molecule has 1 saturated heterocycles. The van der Waals surface area contributed by atoms with Gasteiger partial charge in [-0.25, -0.2) is 4.79 Å². The Kier molecular flexibility index (Phi) is 10.6. The summed E-state index contributed by atoms with van der Waals surface area (Å²) in [6, 6.07) is 13.2. The average molecular weight is 585 g/mol. The van der Waals surface area contributed by atoms with Crippen LogP contribution in [0.1, 0.15) is 48.4 Å². The van der Waals surface area contributed by atoms with E-state index >= 15 is 0 Å². The van der Waals surface area contributed by atoms with Crippen LogP contribution in [0.5, 0.6) is 0 Å². The number of halogens is 4. The van der Waals surface area contributed by atoms with Crippen LogP contribution in [0.3, 0.4) is 0 Å². The summed E-state index contributed by atoms with van der Waals surface area (Å²) in [5.74, 6) is -4.01. The minimum absolute atomic E-state index is 0.113. The molecule has 1 aliphatic heterocycles. The zero-order chi connectivity index (χ0) is 30.4. The van der Waals surface area contributed by atoms with Gasteiger partial charge in [-0.05, 0) is 62.2 Å². The number of anilines is 1. The van der Waals surface area contributed by atoms with E-state index in [1.54, 1.807) is 18.2 Å². The predicted octanol–water partition coefficient (Wildman–Crippen LogP) is 3.95. The largest absolute Gasteiger partial charge is 0.490 e. The molecule has 218 valence electrons. The summed E-state index contributed by atoms with van der Waals surface area (Å²) in [4.78, 5) is 50.7.